The standard InChI is InChI=1S/C16H19N5/c1-21(9-12-8-15(20-19-12)11-6-7-11)10-16-17-13-4-2-3-5-14(13)18-16/h2-5,8,11H,6-7,9-10H2,1H3,(H,17,18)(H,19,20). The zero-order valence-electron chi connectivity index (χ0n) is 12.1. The van der Waals surface area contributed by atoms with Crippen LogP contribution in [0.15, 0.2) is 30.3 Å². The van der Waals surface area contributed by atoms with E-state index in [4.69, 9.17) is 0 Å². The van der Waals surface area contributed by atoms with E-state index in [9.17, 15) is 0 Å². The molecule has 2 aromatic heterocycles. The van der Waals surface area contributed by atoms with Crippen LogP contribution in [0.4, 0.5) is 0 Å². The van der Waals surface area contributed by atoms with Crippen molar-refractivity contribution in [2.75, 3.05) is 7.05 Å². The normalized spacial score (nSPS) is 15.1. The Balaban J connectivity index is 1.43. The minimum atomic E-state index is 0.704. The third-order valence-electron chi connectivity index (χ3n) is 3.94. The van der Waals surface area contributed by atoms with E-state index in [1.807, 2.05) is 18.2 Å². The molecule has 1 aliphatic carbocycles. The minimum absolute atomic E-state index is 0.704. The summed E-state index contributed by atoms with van der Waals surface area (Å²) in [5.74, 6) is 1.70. The van der Waals surface area contributed by atoms with Crippen molar-refractivity contribution in [2.45, 2.75) is 31.8 Å². The summed E-state index contributed by atoms with van der Waals surface area (Å²) < 4.78 is 0. The smallest absolute Gasteiger partial charge is 0.121 e. The van der Waals surface area contributed by atoms with Crippen molar-refractivity contribution in [3.05, 3.63) is 47.5 Å². The lowest BCUT2D eigenvalue weighted by Crippen LogP contribution is -2.18. The maximum Gasteiger partial charge on any atom is 0.121 e. The van der Waals surface area contributed by atoms with Gasteiger partial charge < -0.3 is 4.98 Å². The van der Waals surface area contributed by atoms with E-state index >= 15 is 0 Å². The molecule has 2 heterocycles. The summed E-state index contributed by atoms with van der Waals surface area (Å²) >= 11 is 0. The van der Waals surface area contributed by atoms with Gasteiger partial charge in [-0.1, -0.05) is 12.1 Å². The van der Waals surface area contributed by atoms with Crippen LogP contribution in [-0.4, -0.2) is 32.1 Å². The van der Waals surface area contributed by atoms with E-state index in [0.29, 0.717) is 5.92 Å². The number of fused-ring (bicyclic) bond motifs is 1. The molecule has 0 unspecified atom stereocenters. The van der Waals surface area contributed by atoms with Crippen LogP contribution in [0.1, 0.15) is 36.0 Å². The molecule has 5 heteroatoms. The van der Waals surface area contributed by atoms with Crippen LogP contribution < -0.4 is 0 Å². The Labute approximate surface area is 123 Å². The van der Waals surface area contributed by atoms with Crippen molar-refractivity contribution in [1.29, 1.82) is 0 Å². The van der Waals surface area contributed by atoms with Crippen LogP contribution in [0, 0.1) is 0 Å². The van der Waals surface area contributed by atoms with Crippen LogP contribution in [-0.2, 0) is 13.1 Å². The highest BCUT2D eigenvalue weighted by Crippen LogP contribution is 2.39. The fourth-order valence-corrected chi connectivity index (χ4v) is 2.73. The zero-order chi connectivity index (χ0) is 14.2. The molecule has 1 aliphatic rings. The summed E-state index contributed by atoms with van der Waals surface area (Å²) in [5, 5.41) is 7.55. The molecule has 5 nitrogen and oxygen atoms in total. The number of aromatic amines is 2. The van der Waals surface area contributed by atoms with E-state index in [2.05, 4.69) is 44.2 Å². The number of rotatable bonds is 5. The second kappa shape index (κ2) is 5.00. The van der Waals surface area contributed by atoms with Gasteiger partial charge in [0.15, 0.2) is 0 Å². The fraction of sp³-hybridized carbons (Fsp3) is 0.375. The van der Waals surface area contributed by atoms with Gasteiger partial charge in [0.25, 0.3) is 0 Å². The van der Waals surface area contributed by atoms with Gasteiger partial charge in [-0.05, 0) is 38.1 Å². The average Bonchev–Trinajstić information content (AvgIpc) is 3.08. The predicted molar refractivity (Wildman–Crippen MR) is 81.8 cm³/mol. The lowest BCUT2D eigenvalue weighted by molar-refractivity contribution is 0.308. The molecule has 0 aliphatic heterocycles. The number of imidazole rings is 1. The third-order valence-corrected chi connectivity index (χ3v) is 3.94. The van der Waals surface area contributed by atoms with Gasteiger partial charge in [0.05, 0.1) is 23.3 Å². The lowest BCUT2D eigenvalue weighted by atomic mass is 10.2. The van der Waals surface area contributed by atoms with Crippen LogP contribution in [0.2, 0.25) is 0 Å². The summed E-state index contributed by atoms with van der Waals surface area (Å²) in [6.07, 6.45) is 2.58. The van der Waals surface area contributed by atoms with Crippen molar-refractivity contribution in [3.63, 3.8) is 0 Å². The van der Waals surface area contributed by atoms with Gasteiger partial charge in [-0.2, -0.15) is 5.10 Å². The van der Waals surface area contributed by atoms with Crippen LogP contribution in [0.3, 0.4) is 0 Å². The maximum atomic E-state index is 4.61. The summed E-state index contributed by atoms with van der Waals surface area (Å²) in [5.41, 5.74) is 4.52. The molecule has 4 rings (SSSR count). The monoisotopic (exact) mass is 281 g/mol. The molecule has 0 bridgehead atoms. The number of hydrogen-bond acceptors (Lipinski definition) is 3. The molecular weight excluding hydrogens is 262 g/mol. The van der Waals surface area contributed by atoms with E-state index in [1.165, 1.54) is 24.2 Å². The SMILES string of the molecule is CN(Cc1cc(C2CC2)n[nH]1)Cc1nc2ccccc2[nH]1. The van der Waals surface area contributed by atoms with Crippen LogP contribution in [0.25, 0.3) is 11.0 Å². The van der Waals surface area contributed by atoms with Crippen molar-refractivity contribution in [1.82, 2.24) is 25.1 Å². The molecule has 0 spiro atoms. The molecule has 0 atom stereocenters. The Kier molecular flexibility index (Phi) is 3.00. The average molecular weight is 281 g/mol. The number of nitrogens with one attached hydrogen (secondary N) is 2. The van der Waals surface area contributed by atoms with Crippen molar-refractivity contribution < 1.29 is 0 Å². The van der Waals surface area contributed by atoms with E-state index in [-0.39, 0.29) is 0 Å². The number of aromatic nitrogens is 4. The number of nitrogens with zero attached hydrogens (tertiary/aromatic N) is 3. The summed E-state index contributed by atoms with van der Waals surface area (Å²) in [4.78, 5) is 10.2. The Morgan fingerprint density at radius 2 is 2.10 bits per heavy atom. The number of para-hydroxylation sites is 2. The molecular formula is C16H19N5. The van der Waals surface area contributed by atoms with Gasteiger partial charge in [0.1, 0.15) is 5.82 Å². The van der Waals surface area contributed by atoms with Crippen LogP contribution >= 0.6 is 0 Å². The van der Waals surface area contributed by atoms with E-state index in [1.54, 1.807) is 0 Å². The highest BCUT2D eigenvalue weighted by molar-refractivity contribution is 5.74. The van der Waals surface area contributed by atoms with E-state index in [0.717, 1.165) is 29.9 Å². The zero-order valence-corrected chi connectivity index (χ0v) is 12.1. The van der Waals surface area contributed by atoms with Gasteiger partial charge in [-0.25, -0.2) is 4.98 Å². The number of benzene rings is 1. The summed E-state index contributed by atoms with van der Waals surface area (Å²) in [6, 6.07) is 10.3. The number of hydrogen-bond donors (Lipinski definition) is 2. The summed E-state index contributed by atoms with van der Waals surface area (Å²) in [7, 11) is 2.10. The topological polar surface area (TPSA) is 60.6 Å². The Morgan fingerprint density at radius 3 is 2.90 bits per heavy atom. The maximum absolute atomic E-state index is 4.61. The van der Waals surface area contributed by atoms with Gasteiger partial charge in [0.2, 0.25) is 0 Å². The first-order chi connectivity index (χ1) is 10.3. The van der Waals surface area contributed by atoms with Gasteiger partial charge in [-0.3, -0.25) is 10.00 Å². The molecule has 1 saturated carbocycles. The molecule has 0 saturated heterocycles. The van der Waals surface area contributed by atoms with Crippen molar-refractivity contribution >= 4 is 11.0 Å². The summed E-state index contributed by atoms with van der Waals surface area (Å²) in [6.45, 7) is 1.66. The van der Waals surface area contributed by atoms with Crippen LogP contribution in [0.5, 0.6) is 0 Å². The Morgan fingerprint density at radius 1 is 1.24 bits per heavy atom. The number of H-pyrrole nitrogens is 2. The largest absolute Gasteiger partial charge is 0.341 e. The predicted octanol–water partition coefficient (Wildman–Crippen LogP) is 2.80. The molecule has 0 radical (unpaired) electrons. The molecule has 0 amide bonds. The first-order valence-electron chi connectivity index (χ1n) is 7.44. The Bertz CT molecular complexity index is 720. The molecule has 21 heavy (non-hydrogen) atoms. The Hall–Kier alpha value is -2.14. The van der Waals surface area contributed by atoms with E-state index < -0.39 is 0 Å². The molecule has 1 aromatic carbocycles. The second-order valence-electron chi connectivity index (χ2n) is 5.97. The highest BCUT2D eigenvalue weighted by atomic mass is 15.2. The van der Waals surface area contributed by atoms with Gasteiger partial charge in [0, 0.05) is 18.2 Å². The lowest BCUT2D eigenvalue weighted by Gasteiger charge is -2.13. The molecule has 1 fully saturated rings. The van der Waals surface area contributed by atoms with Gasteiger partial charge >= 0.3 is 0 Å². The first-order valence-corrected chi connectivity index (χ1v) is 7.44. The quantitative estimate of drug-likeness (QED) is 0.756. The second-order valence-corrected chi connectivity index (χ2v) is 5.97. The van der Waals surface area contributed by atoms with Crippen molar-refractivity contribution in [2.24, 2.45) is 0 Å². The minimum Gasteiger partial charge on any atom is -0.341 e. The van der Waals surface area contributed by atoms with Crippen molar-refractivity contribution in [3.8, 4) is 0 Å². The molecule has 2 N–H and O–H groups in total. The third kappa shape index (κ3) is 2.69. The first kappa shape index (κ1) is 12.6. The highest BCUT2D eigenvalue weighted by Gasteiger charge is 2.26. The fourth-order valence-electron chi connectivity index (χ4n) is 2.73. The molecule has 3 aromatic rings. The molecule has 108 valence electrons. The van der Waals surface area contributed by atoms with Gasteiger partial charge in [-0.15, -0.1) is 0 Å².